The summed E-state index contributed by atoms with van der Waals surface area (Å²) in [5.74, 6) is -0.0367. The Balaban J connectivity index is 2.34. The number of aliphatic carboxylic acids is 1. The Bertz CT molecular complexity index is 525. The van der Waals surface area contributed by atoms with Gasteiger partial charge in [0, 0.05) is 6.42 Å². The molecule has 0 aliphatic carbocycles. The lowest BCUT2D eigenvalue weighted by Gasteiger charge is -2.13. The lowest BCUT2D eigenvalue weighted by molar-refractivity contribution is -0.141. The highest BCUT2D eigenvalue weighted by atomic mass is 16.5. The number of ether oxygens (including phenoxy) is 1. The number of carboxylic acid groups (broad SMARTS) is 1. The molecule has 5 nitrogen and oxygen atoms in total. The summed E-state index contributed by atoms with van der Waals surface area (Å²) in [6.07, 6.45) is 0.795. The van der Waals surface area contributed by atoms with E-state index in [-0.39, 0.29) is 12.3 Å². The molecule has 0 aromatic heterocycles. The van der Waals surface area contributed by atoms with Crippen molar-refractivity contribution in [2.24, 2.45) is 0 Å². The van der Waals surface area contributed by atoms with Crippen molar-refractivity contribution in [1.29, 1.82) is 0 Å². The molecule has 1 amide bonds. The normalized spacial score (nSPS) is 12.0. The van der Waals surface area contributed by atoms with Crippen molar-refractivity contribution in [3.63, 3.8) is 0 Å². The van der Waals surface area contributed by atoms with E-state index in [1.807, 2.05) is 12.1 Å². The fourth-order valence-corrected chi connectivity index (χ4v) is 2.18. The molecule has 0 saturated carbocycles. The van der Waals surface area contributed by atoms with Crippen LogP contribution in [-0.2, 0) is 9.59 Å². The van der Waals surface area contributed by atoms with Gasteiger partial charge in [-0.15, -0.1) is 0 Å². The minimum absolute atomic E-state index is 0.251. The highest BCUT2D eigenvalue weighted by molar-refractivity contribution is 5.83. The maximum Gasteiger partial charge on any atom is 0.325 e. The SMILES string of the molecule is Cc1cc(OCCCC(=O)NC(C)C(=O)O)ccc1C(C)C. The molecule has 1 atom stereocenters. The predicted molar refractivity (Wildman–Crippen MR) is 85.2 cm³/mol. The van der Waals surface area contributed by atoms with Gasteiger partial charge in [0.25, 0.3) is 0 Å². The monoisotopic (exact) mass is 307 g/mol. The highest BCUT2D eigenvalue weighted by Gasteiger charge is 2.13. The fourth-order valence-electron chi connectivity index (χ4n) is 2.18. The molecule has 122 valence electrons. The van der Waals surface area contributed by atoms with E-state index in [0.29, 0.717) is 18.9 Å². The first-order chi connectivity index (χ1) is 10.3. The summed E-state index contributed by atoms with van der Waals surface area (Å²) in [4.78, 5) is 22.1. The average Bonchev–Trinajstić information content (AvgIpc) is 2.43. The quantitative estimate of drug-likeness (QED) is 0.724. The number of hydrogen-bond donors (Lipinski definition) is 2. The maximum atomic E-state index is 11.5. The minimum atomic E-state index is -1.04. The van der Waals surface area contributed by atoms with Crippen LogP contribution in [0.5, 0.6) is 5.75 Å². The number of nitrogens with one attached hydrogen (secondary N) is 1. The second-order valence-corrected chi connectivity index (χ2v) is 5.75. The van der Waals surface area contributed by atoms with Crippen molar-refractivity contribution < 1.29 is 19.4 Å². The molecule has 0 spiro atoms. The number of amides is 1. The molecular weight excluding hydrogens is 282 g/mol. The zero-order chi connectivity index (χ0) is 16.7. The van der Waals surface area contributed by atoms with Crippen LogP contribution < -0.4 is 10.1 Å². The Labute approximate surface area is 131 Å². The molecule has 1 aromatic carbocycles. The Kier molecular flexibility index (Phi) is 6.89. The Morgan fingerprint density at radius 2 is 1.95 bits per heavy atom. The van der Waals surface area contributed by atoms with E-state index in [1.165, 1.54) is 18.1 Å². The zero-order valence-corrected chi connectivity index (χ0v) is 13.7. The average molecular weight is 307 g/mol. The topological polar surface area (TPSA) is 75.6 Å². The van der Waals surface area contributed by atoms with Gasteiger partial charge in [-0.1, -0.05) is 19.9 Å². The van der Waals surface area contributed by atoms with Gasteiger partial charge in [-0.2, -0.15) is 0 Å². The van der Waals surface area contributed by atoms with Crippen LogP contribution in [0, 0.1) is 6.92 Å². The first kappa shape index (κ1) is 18.0. The van der Waals surface area contributed by atoms with Crippen LogP contribution in [0.3, 0.4) is 0 Å². The summed E-state index contributed by atoms with van der Waals surface area (Å²) in [5, 5.41) is 11.1. The minimum Gasteiger partial charge on any atom is -0.494 e. The van der Waals surface area contributed by atoms with Crippen molar-refractivity contribution in [2.45, 2.75) is 52.5 Å². The van der Waals surface area contributed by atoms with Crippen LogP contribution in [0.1, 0.15) is 50.7 Å². The molecule has 0 saturated heterocycles. The van der Waals surface area contributed by atoms with Gasteiger partial charge in [0.1, 0.15) is 11.8 Å². The lowest BCUT2D eigenvalue weighted by Crippen LogP contribution is -2.38. The molecule has 0 aliphatic heterocycles. The molecular formula is C17H25NO4. The van der Waals surface area contributed by atoms with Crippen LogP contribution in [0.25, 0.3) is 0 Å². The number of aryl methyl sites for hydroxylation is 1. The summed E-state index contributed by atoms with van der Waals surface area (Å²) < 4.78 is 5.63. The van der Waals surface area contributed by atoms with Crippen molar-refractivity contribution in [3.8, 4) is 5.75 Å². The molecule has 1 aromatic rings. The molecule has 0 fully saturated rings. The summed E-state index contributed by atoms with van der Waals surface area (Å²) in [7, 11) is 0. The predicted octanol–water partition coefficient (Wildman–Crippen LogP) is 2.87. The van der Waals surface area contributed by atoms with E-state index in [0.717, 1.165) is 5.75 Å². The van der Waals surface area contributed by atoms with E-state index in [2.05, 4.69) is 32.2 Å². The lowest BCUT2D eigenvalue weighted by atomic mass is 9.98. The van der Waals surface area contributed by atoms with E-state index in [1.54, 1.807) is 0 Å². The van der Waals surface area contributed by atoms with Crippen molar-refractivity contribution in [1.82, 2.24) is 5.32 Å². The maximum absolute atomic E-state index is 11.5. The molecule has 0 aliphatic rings. The number of carbonyl (C=O) groups excluding carboxylic acids is 1. The summed E-state index contributed by atoms with van der Waals surface area (Å²) in [5.41, 5.74) is 2.50. The van der Waals surface area contributed by atoms with Gasteiger partial charge in [-0.25, -0.2) is 0 Å². The summed E-state index contributed by atoms with van der Waals surface area (Å²) >= 11 is 0. The second kappa shape index (κ2) is 8.41. The molecule has 1 rings (SSSR count). The molecule has 22 heavy (non-hydrogen) atoms. The van der Waals surface area contributed by atoms with Crippen molar-refractivity contribution >= 4 is 11.9 Å². The smallest absolute Gasteiger partial charge is 0.325 e. The largest absolute Gasteiger partial charge is 0.494 e. The molecule has 5 heteroatoms. The van der Waals surface area contributed by atoms with Gasteiger partial charge in [0.05, 0.1) is 6.61 Å². The molecule has 1 unspecified atom stereocenters. The molecule has 0 radical (unpaired) electrons. The Morgan fingerprint density at radius 1 is 1.27 bits per heavy atom. The number of benzene rings is 1. The Hall–Kier alpha value is -2.04. The molecule has 0 heterocycles. The third-order valence-corrected chi connectivity index (χ3v) is 3.43. The van der Waals surface area contributed by atoms with Crippen LogP contribution in [0.4, 0.5) is 0 Å². The van der Waals surface area contributed by atoms with Gasteiger partial charge >= 0.3 is 5.97 Å². The summed E-state index contributed by atoms with van der Waals surface area (Å²) in [6.45, 7) is 8.23. The van der Waals surface area contributed by atoms with E-state index < -0.39 is 12.0 Å². The zero-order valence-electron chi connectivity index (χ0n) is 13.7. The number of carbonyl (C=O) groups is 2. The van der Waals surface area contributed by atoms with E-state index >= 15 is 0 Å². The van der Waals surface area contributed by atoms with E-state index in [9.17, 15) is 9.59 Å². The van der Waals surface area contributed by atoms with Gasteiger partial charge in [0.15, 0.2) is 0 Å². The van der Waals surface area contributed by atoms with Crippen LogP contribution in [0.15, 0.2) is 18.2 Å². The first-order valence-electron chi connectivity index (χ1n) is 7.56. The molecule has 2 N–H and O–H groups in total. The number of carboxylic acids is 1. The number of rotatable bonds is 8. The first-order valence-corrected chi connectivity index (χ1v) is 7.56. The third-order valence-electron chi connectivity index (χ3n) is 3.43. The van der Waals surface area contributed by atoms with Gasteiger partial charge in [-0.3, -0.25) is 9.59 Å². The van der Waals surface area contributed by atoms with Gasteiger partial charge < -0.3 is 15.2 Å². The van der Waals surface area contributed by atoms with Gasteiger partial charge in [-0.05, 0) is 49.4 Å². The van der Waals surface area contributed by atoms with Crippen molar-refractivity contribution in [2.75, 3.05) is 6.61 Å². The van der Waals surface area contributed by atoms with Crippen LogP contribution in [0.2, 0.25) is 0 Å². The second-order valence-electron chi connectivity index (χ2n) is 5.75. The third kappa shape index (κ3) is 5.76. The van der Waals surface area contributed by atoms with Gasteiger partial charge in [0.2, 0.25) is 5.91 Å². The summed E-state index contributed by atoms with van der Waals surface area (Å²) in [6, 6.07) is 5.15. The highest BCUT2D eigenvalue weighted by Crippen LogP contribution is 2.23. The molecule has 0 bridgehead atoms. The van der Waals surface area contributed by atoms with Crippen molar-refractivity contribution in [3.05, 3.63) is 29.3 Å². The standard InChI is InChI=1S/C17H25NO4/c1-11(2)15-8-7-14(10-12(15)3)22-9-5-6-16(19)18-13(4)17(20)21/h7-8,10-11,13H,5-6,9H2,1-4H3,(H,18,19)(H,20,21). The fraction of sp³-hybridized carbons (Fsp3) is 0.529. The Morgan fingerprint density at radius 3 is 2.50 bits per heavy atom. The van der Waals surface area contributed by atoms with Crippen LogP contribution >= 0.6 is 0 Å². The number of hydrogen-bond acceptors (Lipinski definition) is 3. The van der Waals surface area contributed by atoms with Crippen LogP contribution in [-0.4, -0.2) is 29.6 Å². The van der Waals surface area contributed by atoms with E-state index in [4.69, 9.17) is 9.84 Å².